The van der Waals surface area contributed by atoms with Crippen LogP contribution in [0.15, 0.2) is 133 Å². The number of hydrogen-bond acceptors (Lipinski definition) is 2. The summed E-state index contributed by atoms with van der Waals surface area (Å²) in [5.74, 6) is 0. The van der Waals surface area contributed by atoms with E-state index in [1.54, 1.807) is 0 Å². The predicted octanol–water partition coefficient (Wildman–Crippen LogP) is 10.5. The lowest BCUT2D eigenvalue weighted by atomic mass is 9.92. The maximum atomic E-state index is 9.21. The smallest absolute Gasteiger partial charge is 0.0991 e. The summed E-state index contributed by atoms with van der Waals surface area (Å²) in [7, 11) is 0. The van der Waals surface area contributed by atoms with Gasteiger partial charge in [0, 0.05) is 16.5 Å². The number of nitrogens with zero attached hydrogens (tertiary/aromatic N) is 3. The molecule has 0 aliphatic rings. The molecule has 6 aromatic carbocycles. The normalized spacial score (nSPS) is 10.6. The number of benzene rings is 6. The van der Waals surface area contributed by atoms with Crippen LogP contribution in [0.5, 0.6) is 0 Å². The fraction of sp³-hybridized carbons (Fsp3) is 0.0732. The van der Waals surface area contributed by atoms with Gasteiger partial charge in [0.05, 0.1) is 34.3 Å². The molecule has 0 saturated carbocycles. The molecule has 44 heavy (non-hydrogen) atoms. The van der Waals surface area contributed by atoms with Crippen LogP contribution in [-0.4, -0.2) is 4.57 Å². The highest BCUT2D eigenvalue weighted by molar-refractivity contribution is 6.10. The molecule has 0 radical (unpaired) electrons. The van der Waals surface area contributed by atoms with Gasteiger partial charge in [-0.05, 0) is 115 Å². The van der Waals surface area contributed by atoms with E-state index >= 15 is 0 Å². The van der Waals surface area contributed by atoms with Crippen molar-refractivity contribution >= 4 is 21.8 Å². The topological polar surface area (TPSA) is 52.5 Å². The fourth-order valence-corrected chi connectivity index (χ4v) is 5.71. The molecule has 0 saturated heterocycles. The number of nitriles is 2. The van der Waals surface area contributed by atoms with Crippen LogP contribution < -0.4 is 0 Å². The molecule has 0 atom stereocenters. The molecule has 0 spiro atoms. The van der Waals surface area contributed by atoms with Gasteiger partial charge in [-0.1, -0.05) is 78.4 Å². The van der Waals surface area contributed by atoms with Gasteiger partial charge in [-0.3, -0.25) is 0 Å². The van der Waals surface area contributed by atoms with Crippen molar-refractivity contribution in [3.05, 3.63) is 161 Å². The van der Waals surface area contributed by atoms with Crippen molar-refractivity contribution in [1.29, 1.82) is 10.5 Å². The monoisotopic (exact) mass is 565 g/mol. The molecule has 1 aromatic heterocycles. The maximum absolute atomic E-state index is 9.21. The van der Waals surface area contributed by atoms with Gasteiger partial charge in [0.1, 0.15) is 0 Å². The summed E-state index contributed by atoms with van der Waals surface area (Å²) in [5.41, 5.74) is 13.5. The van der Waals surface area contributed by atoms with Gasteiger partial charge in [0.25, 0.3) is 0 Å². The molecule has 0 N–H and O–H groups in total. The predicted molar refractivity (Wildman–Crippen MR) is 182 cm³/mol. The van der Waals surface area contributed by atoms with E-state index in [-0.39, 0.29) is 0 Å². The van der Waals surface area contributed by atoms with E-state index in [0.717, 1.165) is 22.3 Å². The minimum Gasteiger partial charge on any atom is -0.309 e. The van der Waals surface area contributed by atoms with E-state index in [1.165, 1.54) is 49.7 Å². The number of aromatic nitrogens is 1. The van der Waals surface area contributed by atoms with Crippen molar-refractivity contribution in [2.75, 3.05) is 0 Å². The Morgan fingerprint density at radius 1 is 0.477 bits per heavy atom. The minimum absolute atomic E-state index is 0.667. The molecule has 1 heterocycles. The second kappa shape index (κ2) is 12.1. The van der Waals surface area contributed by atoms with Gasteiger partial charge in [0.2, 0.25) is 0 Å². The Balaban J connectivity index is 0.000000329. The van der Waals surface area contributed by atoms with Crippen molar-refractivity contribution in [2.45, 2.75) is 20.8 Å². The SMILES string of the molecule is Cc1ccc(C#N)cc1.Cc1ccccc1-c1cc(-c2ccc3c(c2)c2ccccc2n3-c2ccc(C#N)cc2)ccc1C. The molecule has 7 aromatic rings. The summed E-state index contributed by atoms with van der Waals surface area (Å²) in [6.07, 6.45) is 0. The van der Waals surface area contributed by atoms with Gasteiger partial charge in [-0.2, -0.15) is 10.5 Å². The first-order chi connectivity index (χ1) is 21.5. The van der Waals surface area contributed by atoms with E-state index in [2.05, 4.69) is 115 Å². The Kier molecular flexibility index (Phi) is 7.79. The first-order valence-corrected chi connectivity index (χ1v) is 14.6. The highest BCUT2D eigenvalue weighted by atomic mass is 15.0. The molecule has 0 fully saturated rings. The molecule has 210 valence electrons. The third-order valence-electron chi connectivity index (χ3n) is 8.11. The summed E-state index contributed by atoms with van der Waals surface area (Å²) < 4.78 is 2.28. The molecule has 0 aliphatic carbocycles. The molecule has 0 unspecified atom stereocenters. The Morgan fingerprint density at radius 3 is 1.75 bits per heavy atom. The van der Waals surface area contributed by atoms with Crippen LogP contribution in [-0.2, 0) is 0 Å². The summed E-state index contributed by atoms with van der Waals surface area (Å²) >= 11 is 0. The van der Waals surface area contributed by atoms with E-state index in [1.807, 2.05) is 55.5 Å². The second-order valence-electron chi connectivity index (χ2n) is 11.1. The van der Waals surface area contributed by atoms with Crippen molar-refractivity contribution in [3.63, 3.8) is 0 Å². The molecule has 3 nitrogen and oxygen atoms in total. The van der Waals surface area contributed by atoms with E-state index in [4.69, 9.17) is 5.26 Å². The molecular weight excluding hydrogens is 534 g/mol. The second-order valence-corrected chi connectivity index (χ2v) is 11.1. The highest BCUT2D eigenvalue weighted by Crippen LogP contribution is 2.36. The summed E-state index contributed by atoms with van der Waals surface area (Å²) in [6, 6.07) is 50.2. The molecule has 0 bridgehead atoms. The third kappa shape index (κ3) is 5.48. The maximum Gasteiger partial charge on any atom is 0.0991 e. The Hall–Kier alpha value is -5.90. The first-order valence-electron chi connectivity index (χ1n) is 14.6. The average Bonchev–Trinajstić information content (AvgIpc) is 3.40. The Morgan fingerprint density at radius 2 is 1.05 bits per heavy atom. The first kappa shape index (κ1) is 28.2. The zero-order chi connectivity index (χ0) is 30.6. The van der Waals surface area contributed by atoms with Crippen LogP contribution in [0.1, 0.15) is 27.8 Å². The molecule has 0 amide bonds. The van der Waals surface area contributed by atoms with Crippen LogP contribution in [0.4, 0.5) is 0 Å². The van der Waals surface area contributed by atoms with Gasteiger partial charge >= 0.3 is 0 Å². The van der Waals surface area contributed by atoms with Crippen LogP contribution in [0.2, 0.25) is 0 Å². The van der Waals surface area contributed by atoms with Crippen molar-refractivity contribution in [1.82, 2.24) is 4.57 Å². The summed E-state index contributed by atoms with van der Waals surface area (Å²) in [4.78, 5) is 0. The number of hydrogen-bond donors (Lipinski definition) is 0. The molecule has 7 rings (SSSR count). The third-order valence-corrected chi connectivity index (χ3v) is 8.11. The highest BCUT2D eigenvalue weighted by Gasteiger charge is 2.14. The summed E-state index contributed by atoms with van der Waals surface area (Å²) in [6.45, 7) is 6.35. The van der Waals surface area contributed by atoms with Gasteiger partial charge < -0.3 is 4.57 Å². The largest absolute Gasteiger partial charge is 0.309 e. The summed E-state index contributed by atoms with van der Waals surface area (Å²) in [5, 5.41) is 20.0. The lowest BCUT2D eigenvalue weighted by molar-refractivity contribution is 1.18. The van der Waals surface area contributed by atoms with Crippen LogP contribution in [0.3, 0.4) is 0 Å². The Labute approximate surface area is 258 Å². The standard InChI is InChI=1S/C33H24N2.C8H7N/c1-22-7-3-4-8-28(22)30-19-25(14-11-23(30)2)26-15-18-33-31(20-26)29-9-5-6-10-32(29)35(33)27-16-12-24(21-34)13-17-27;1-7-2-4-8(6-9)5-3-7/h3-20H,1-2H3;2-5H,1H3. The van der Waals surface area contributed by atoms with E-state index in [0.29, 0.717) is 5.56 Å². The molecular formula is C41H31N3. The fourth-order valence-electron chi connectivity index (χ4n) is 5.71. The van der Waals surface area contributed by atoms with Crippen molar-refractivity contribution in [2.24, 2.45) is 0 Å². The zero-order valence-corrected chi connectivity index (χ0v) is 25.0. The Bertz CT molecular complexity index is 2200. The van der Waals surface area contributed by atoms with Crippen LogP contribution in [0, 0.1) is 43.4 Å². The quantitative estimate of drug-likeness (QED) is 0.214. The van der Waals surface area contributed by atoms with Crippen LogP contribution >= 0.6 is 0 Å². The number of para-hydroxylation sites is 1. The van der Waals surface area contributed by atoms with Crippen LogP contribution in [0.25, 0.3) is 49.7 Å². The lowest BCUT2D eigenvalue weighted by Crippen LogP contribution is -1.93. The van der Waals surface area contributed by atoms with Crippen molar-refractivity contribution in [3.8, 4) is 40.1 Å². The minimum atomic E-state index is 0.667. The van der Waals surface area contributed by atoms with E-state index in [9.17, 15) is 5.26 Å². The van der Waals surface area contributed by atoms with E-state index < -0.39 is 0 Å². The van der Waals surface area contributed by atoms with Gasteiger partial charge in [-0.25, -0.2) is 0 Å². The average molecular weight is 566 g/mol. The number of fused-ring (bicyclic) bond motifs is 3. The molecule has 3 heteroatoms. The van der Waals surface area contributed by atoms with Gasteiger partial charge in [0.15, 0.2) is 0 Å². The zero-order valence-electron chi connectivity index (χ0n) is 25.0. The lowest BCUT2D eigenvalue weighted by Gasteiger charge is -2.12. The van der Waals surface area contributed by atoms with Gasteiger partial charge in [-0.15, -0.1) is 0 Å². The molecule has 0 aliphatic heterocycles. The number of aryl methyl sites for hydroxylation is 3. The van der Waals surface area contributed by atoms with Crippen molar-refractivity contribution < 1.29 is 0 Å². The number of rotatable bonds is 3.